The summed E-state index contributed by atoms with van der Waals surface area (Å²) < 4.78 is 36.9. The predicted molar refractivity (Wildman–Crippen MR) is 131 cm³/mol. The van der Waals surface area contributed by atoms with Crippen LogP contribution < -0.4 is 15.6 Å². The van der Waals surface area contributed by atoms with Crippen molar-refractivity contribution in [3.8, 4) is 17.6 Å². The molecule has 1 aliphatic rings. The van der Waals surface area contributed by atoms with Gasteiger partial charge in [-0.3, -0.25) is 9.36 Å². The molecular weight excluding hydrogens is 470 g/mol. The Kier molecular flexibility index (Phi) is 6.75. The zero-order chi connectivity index (χ0) is 25.2. The molecule has 1 aromatic carbocycles. The van der Waals surface area contributed by atoms with Crippen molar-refractivity contribution in [1.82, 2.24) is 9.55 Å². The number of pyridine rings is 2. The summed E-state index contributed by atoms with van der Waals surface area (Å²) in [6.45, 7) is 4.67. The molecule has 1 aliphatic heterocycles. The number of benzene rings is 1. The molecule has 0 spiro atoms. The molecule has 0 fully saturated rings. The number of aryl methyl sites for hydroxylation is 1. The fraction of sp³-hybridized carbons (Fsp3) is 0.333. The summed E-state index contributed by atoms with van der Waals surface area (Å²) in [6.07, 6.45) is 3.07. The van der Waals surface area contributed by atoms with Crippen molar-refractivity contribution in [2.45, 2.75) is 44.6 Å². The first-order chi connectivity index (χ1) is 16.7. The summed E-state index contributed by atoms with van der Waals surface area (Å²) in [4.78, 5) is 17.6. The van der Waals surface area contributed by atoms with Gasteiger partial charge in [0.15, 0.2) is 5.84 Å². The average molecular weight is 496 g/mol. The Morgan fingerprint density at radius 3 is 2.83 bits per heavy atom. The van der Waals surface area contributed by atoms with Gasteiger partial charge in [-0.2, -0.15) is 13.7 Å². The number of nitrogens with zero attached hydrogens (tertiary/aromatic N) is 4. The second kappa shape index (κ2) is 9.76. The Bertz CT molecular complexity index is 1520. The van der Waals surface area contributed by atoms with Gasteiger partial charge in [0.1, 0.15) is 27.6 Å². The molecule has 10 nitrogen and oxygen atoms in total. The first-order valence-corrected chi connectivity index (χ1v) is 12.6. The van der Waals surface area contributed by atoms with Gasteiger partial charge in [-0.05, 0) is 43.0 Å². The van der Waals surface area contributed by atoms with E-state index in [4.69, 9.17) is 10.00 Å². The fourth-order valence-corrected chi connectivity index (χ4v) is 4.89. The first kappa shape index (κ1) is 24.2. The third-order valence-electron chi connectivity index (χ3n) is 5.56. The lowest BCUT2D eigenvalue weighted by Crippen LogP contribution is -2.33. The maximum Gasteiger partial charge on any atom is 0.286 e. The summed E-state index contributed by atoms with van der Waals surface area (Å²) in [7, 11) is -4.20. The highest BCUT2D eigenvalue weighted by atomic mass is 32.2. The number of aromatic nitrogens is 2. The third kappa shape index (κ3) is 4.83. The van der Waals surface area contributed by atoms with Gasteiger partial charge in [-0.1, -0.05) is 13.8 Å². The lowest BCUT2D eigenvalue weighted by Gasteiger charge is -2.21. The van der Waals surface area contributed by atoms with Gasteiger partial charge >= 0.3 is 0 Å². The van der Waals surface area contributed by atoms with Crippen LogP contribution in [0.1, 0.15) is 38.7 Å². The maximum atomic E-state index is 13.5. The summed E-state index contributed by atoms with van der Waals surface area (Å²) in [5, 5.41) is 22.8. The van der Waals surface area contributed by atoms with Gasteiger partial charge in [0.2, 0.25) is 0 Å². The second-order valence-corrected chi connectivity index (χ2v) is 10.1. The summed E-state index contributed by atoms with van der Waals surface area (Å²) in [5.74, 6) is -0.0130. The topological polar surface area (TPSA) is 147 Å². The highest BCUT2D eigenvalue weighted by Gasteiger charge is 2.30. The standard InChI is InChI=1S/C24H25N5O5S/c1-15(2)9-12-29-23-17(6-5-11-26-23)21(30)20(24(29)31)22-27-18-8-7-16(34-13-4-3-10-25)14-19(18)35(32,33)28-22/h5-8,11,14-15,30H,3-4,9,12-13H2,1-2H3,(H,27,28). The zero-order valence-corrected chi connectivity index (χ0v) is 20.2. The third-order valence-corrected chi connectivity index (χ3v) is 6.87. The molecule has 182 valence electrons. The van der Waals surface area contributed by atoms with Gasteiger partial charge in [0.25, 0.3) is 15.6 Å². The lowest BCUT2D eigenvalue weighted by atomic mass is 10.1. The van der Waals surface area contributed by atoms with Crippen LogP contribution in [0.25, 0.3) is 11.0 Å². The molecule has 2 aromatic heterocycles. The number of ether oxygens (including phenoxy) is 1. The smallest absolute Gasteiger partial charge is 0.286 e. The molecule has 0 unspecified atom stereocenters. The van der Waals surface area contributed by atoms with Crippen LogP contribution in [0, 0.1) is 17.2 Å². The van der Waals surface area contributed by atoms with Crippen LogP contribution in [0.4, 0.5) is 5.69 Å². The maximum absolute atomic E-state index is 13.5. The number of fused-ring (bicyclic) bond motifs is 2. The molecule has 0 saturated heterocycles. The van der Waals surface area contributed by atoms with Gasteiger partial charge in [0.05, 0.1) is 23.7 Å². The van der Waals surface area contributed by atoms with Crippen LogP contribution in [0.3, 0.4) is 0 Å². The Labute approximate surface area is 202 Å². The molecule has 0 saturated carbocycles. The van der Waals surface area contributed by atoms with E-state index >= 15 is 0 Å². The van der Waals surface area contributed by atoms with Gasteiger partial charge < -0.3 is 15.2 Å². The number of anilines is 1. The van der Waals surface area contributed by atoms with Crippen molar-refractivity contribution in [3.63, 3.8) is 0 Å². The van der Waals surface area contributed by atoms with Crippen LogP contribution in [0.15, 0.2) is 50.6 Å². The summed E-state index contributed by atoms with van der Waals surface area (Å²) in [6, 6.07) is 9.71. The fourth-order valence-electron chi connectivity index (χ4n) is 3.75. The van der Waals surface area contributed by atoms with Crippen molar-refractivity contribution >= 4 is 32.6 Å². The van der Waals surface area contributed by atoms with Gasteiger partial charge in [0, 0.05) is 25.2 Å². The molecule has 0 radical (unpaired) electrons. The molecule has 11 heteroatoms. The number of rotatable bonds is 8. The van der Waals surface area contributed by atoms with E-state index in [2.05, 4.69) is 14.7 Å². The molecule has 3 heterocycles. The minimum absolute atomic E-state index is 0.110. The first-order valence-electron chi connectivity index (χ1n) is 11.2. The SMILES string of the molecule is CC(C)CCn1c(=O)c(C2=NS(=O)(=O)c3cc(OCCCC#N)ccc3N2)c(O)c2cccnc21. The van der Waals surface area contributed by atoms with E-state index in [1.165, 1.54) is 22.9 Å². The number of hydrogen-bond acceptors (Lipinski definition) is 8. The van der Waals surface area contributed by atoms with Crippen LogP contribution in [0.2, 0.25) is 0 Å². The van der Waals surface area contributed by atoms with Crippen LogP contribution in [-0.2, 0) is 16.6 Å². The molecule has 4 rings (SSSR count). The van der Waals surface area contributed by atoms with Crippen molar-refractivity contribution < 1.29 is 18.3 Å². The van der Waals surface area contributed by atoms with E-state index in [0.29, 0.717) is 48.5 Å². The highest BCUT2D eigenvalue weighted by Crippen LogP contribution is 2.34. The van der Waals surface area contributed by atoms with Gasteiger partial charge in [-0.25, -0.2) is 4.98 Å². The van der Waals surface area contributed by atoms with Gasteiger partial charge in [-0.15, -0.1) is 4.40 Å². The van der Waals surface area contributed by atoms with Crippen molar-refractivity contribution in [3.05, 3.63) is 52.4 Å². The van der Waals surface area contributed by atoms with Crippen LogP contribution >= 0.6 is 0 Å². The minimum atomic E-state index is -4.20. The monoisotopic (exact) mass is 495 g/mol. The van der Waals surface area contributed by atoms with Crippen molar-refractivity contribution in [2.24, 2.45) is 10.3 Å². The van der Waals surface area contributed by atoms with E-state index < -0.39 is 15.6 Å². The molecule has 3 aromatic rings. The Hall–Kier alpha value is -3.91. The Morgan fingerprint density at radius 1 is 1.29 bits per heavy atom. The number of sulfonamides is 1. The van der Waals surface area contributed by atoms with E-state index in [-0.39, 0.29) is 34.3 Å². The van der Waals surface area contributed by atoms with Crippen LogP contribution in [-0.4, -0.2) is 35.5 Å². The quantitative estimate of drug-likeness (QED) is 0.452. The largest absolute Gasteiger partial charge is 0.506 e. The Morgan fingerprint density at radius 2 is 2.09 bits per heavy atom. The van der Waals surface area contributed by atoms with E-state index in [1.807, 2.05) is 19.9 Å². The molecule has 0 atom stereocenters. The normalized spacial score (nSPS) is 14.2. The summed E-state index contributed by atoms with van der Waals surface area (Å²) in [5.41, 5.74) is -0.299. The summed E-state index contributed by atoms with van der Waals surface area (Å²) >= 11 is 0. The number of amidine groups is 1. The second-order valence-electron chi connectivity index (χ2n) is 8.55. The molecule has 35 heavy (non-hydrogen) atoms. The Balaban J connectivity index is 1.78. The highest BCUT2D eigenvalue weighted by molar-refractivity contribution is 7.90. The molecule has 0 amide bonds. The predicted octanol–water partition coefficient (Wildman–Crippen LogP) is 3.39. The zero-order valence-electron chi connectivity index (χ0n) is 19.4. The molecule has 0 aliphatic carbocycles. The molecule has 0 bridgehead atoms. The van der Waals surface area contributed by atoms with Crippen molar-refractivity contribution in [1.29, 1.82) is 5.26 Å². The average Bonchev–Trinajstić information content (AvgIpc) is 2.81. The van der Waals surface area contributed by atoms with Crippen LogP contribution in [0.5, 0.6) is 11.5 Å². The van der Waals surface area contributed by atoms with E-state index in [9.17, 15) is 18.3 Å². The number of hydrogen-bond donors (Lipinski definition) is 2. The number of nitrogens with one attached hydrogen (secondary N) is 1. The van der Waals surface area contributed by atoms with E-state index in [0.717, 1.165) is 0 Å². The van der Waals surface area contributed by atoms with E-state index in [1.54, 1.807) is 18.2 Å². The minimum Gasteiger partial charge on any atom is -0.506 e. The molecular formula is C24H25N5O5S. The number of nitriles is 1. The number of unbranched alkanes of at least 4 members (excludes halogenated alkanes) is 1. The number of aromatic hydroxyl groups is 1. The molecule has 2 N–H and O–H groups in total. The van der Waals surface area contributed by atoms with Crippen molar-refractivity contribution in [2.75, 3.05) is 11.9 Å². The lowest BCUT2D eigenvalue weighted by molar-refractivity contribution is 0.312.